The average Bonchev–Trinajstić information content (AvgIpc) is 2.47. The first-order valence-electron chi connectivity index (χ1n) is 5.77. The van der Waals surface area contributed by atoms with Crippen LogP contribution in [0.3, 0.4) is 0 Å². The molecule has 0 saturated heterocycles. The highest BCUT2D eigenvalue weighted by molar-refractivity contribution is 6.32. The van der Waals surface area contributed by atoms with E-state index in [1.807, 2.05) is 0 Å². The van der Waals surface area contributed by atoms with Crippen LogP contribution < -0.4 is 10.1 Å². The Kier molecular flexibility index (Phi) is 4.68. The number of benzene rings is 1. The summed E-state index contributed by atoms with van der Waals surface area (Å²) in [6.07, 6.45) is -1.03. The minimum Gasteiger partial charge on any atom is -0.467 e. The van der Waals surface area contributed by atoms with Gasteiger partial charge in [0.2, 0.25) is 0 Å². The Balaban J connectivity index is 2.04. The minimum absolute atomic E-state index is 0.00418. The van der Waals surface area contributed by atoms with Crippen molar-refractivity contribution in [2.75, 3.05) is 12.4 Å². The van der Waals surface area contributed by atoms with Gasteiger partial charge < -0.3 is 10.1 Å². The third kappa shape index (κ3) is 3.54. The molecule has 0 fully saturated rings. The van der Waals surface area contributed by atoms with Crippen molar-refractivity contribution in [1.29, 1.82) is 0 Å². The smallest absolute Gasteiger partial charge is 0.318 e. The van der Waals surface area contributed by atoms with Crippen LogP contribution in [0.5, 0.6) is 6.01 Å². The number of hydrogen-bond donors (Lipinski definition) is 1. The van der Waals surface area contributed by atoms with Crippen molar-refractivity contribution in [1.82, 2.24) is 9.97 Å². The Morgan fingerprint density at radius 1 is 1.30 bits per heavy atom. The molecule has 0 atom stereocenters. The number of ether oxygens (including phenoxy) is 1. The van der Waals surface area contributed by atoms with Crippen molar-refractivity contribution in [2.45, 2.75) is 13.0 Å². The summed E-state index contributed by atoms with van der Waals surface area (Å²) in [7, 11) is 1.45. The van der Waals surface area contributed by atoms with Gasteiger partial charge in [-0.25, -0.2) is 13.8 Å². The van der Waals surface area contributed by atoms with Gasteiger partial charge in [-0.05, 0) is 5.56 Å². The predicted octanol–water partition coefficient (Wildman–Crippen LogP) is 3.69. The quantitative estimate of drug-likeness (QED) is 0.914. The molecule has 1 aromatic heterocycles. The molecule has 20 heavy (non-hydrogen) atoms. The van der Waals surface area contributed by atoms with Crippen LogP contribution in [0.2, 0.25) is 5.02 Å². The maximum atomic E-state index is 12.4. The number of aromatic nitrogens is 2. The van der Waals surface area contributed by atoms with Crippen LogP contribution in [0.4, 0.5) is 14.6 Å². The maximum absolute atomic E-state index is 12.4. The lowest BCUT2D eigenvalue weighted by atomic mass is 10.1. The molecule has 7 heteroatoms. The van der Waals surface area contributed by atoms with Gasteiger partial charge >= 0.3 is 6.01 Å². The van der Waals surface area contributed by atoms with E-state index in [4.69, 9.17) is 16.3 Å². The summed E-state index contributed by atoms with van der Waals surface area (Å²) in [5.74, 6) is 0.427. The average molecular weight is 300 g/mol. The number of anilines is 1. The fourth-order valence-corrected chi connectivity index (χ4v) is 1.70. The topological polar surface area (TPSA) is 47.0 Å². The molecular formula is C13H12ClF2N3O. The summed E-state index contributed by atoms with van der Waals surface area (Å²) in [6, 6.07) is 6.24. The highest BCUT2D eigenvalue weighted by Crippen LogP contribution is 2.22. The summed E-state index contributed by atoms with van der Waals surface area (Å²) in [5, 5.41) is 3.36. The van der Waals surface area contributed by atoms with Gasteiger partial charge in [-0.1, -0.05) is 35.9 Å². The molecule has 0 amide bonds. The van der Waals surface area contributed by atoms with Crippen molar-refractivity contribution in [2.24, 2.45) is 0 Å². The van der Waals surface area contributed by atoms with Gasteiger partial charge in [0.15, 0.2) is 5.82 Å². The fraction of sp³-hybridized carbons (Fsp3) is 0.231. The third-order valence-electron chi connectivity index (χ3n) is 2.60. The van der Waals surface area contributed by atoms with Crippen LogP contribution in [0.25, 0.3) is 0 Å². The Labute approximate surface area is 119 Å². The largest absolute Gasteiger partial charge is 0.467 e. The second-order valence-electron chi connectivity index (χ2n) is 3.95. The molecule has 106 valence electrons. The predicted molar refractivity (Wildman–Crippen MR) is 72.3 cm³/mol. The van der Waals surface area contributed by atoms with Gasteiger partial charge in [0.05, 0.1) is 13.3 Å². The Hall–Kier alpha value is -1.95. The number of methoxy groups -OCH3 is 1. The van der Waals surface area contributed by atoms with Gasteiger partial charge in [-0.3, -0.25) is 0 Å². The van der Waals surface area contributed by atoms with E-state index in [0.717, 1.165) is 5.56 Å². The molecule has 2 rings (SSSR count). The standard InChI is InChI=1S/C13H12ClF2N3O/c1-20-13-18-7-10(14)12(19-13)17-6-8-2-4-9(5-3-8)11(15)16/h2-5,7,11H,6H2,1H3,(H,17,18,19). The van der Waals surface area contributed by atoms with Crippen LogP contribution in [0.15, 0.2) is 30.5 Å². The van der Waals surface area contributed by atoms with Crippen LogP contribution in [-0.4, -0.2) is 17.1 Å². The molecule has 4 nitrogen and oxygen atoms in total. The van der Waals surface area contributed by atoms with Gasteiger partial charge in [0, 0.05) is 12.1 Å². The Bertz CT molecular complexity index is 578. The van der Waals surface area contributed by atoms with Gasteiger partial charge in [0.25, 0.3) is 6.43 Å². The van der Waals surface area contributed by atoms with Crippen molar-refractivity contribution in [3.05, 3.63) is 46.6 Å². The Morgan fingerprint density at radius 2 is 2.00 bits per heavy atom. The fourth-order valence-electron chi connectivity index (χ4n) is 1.54. The molecule has 1 N–H and O–H groups in total. The van der Waals surface area contributed by atoms with E-state index in [0.29, 0.717) is 17.4 Å². The molecule has 1 heterocycles. The van der Waals surface area contributed by atoms with Gasteiger partial charge in [-0.2, -0.15) is 4.98 Å². The van der Waals surface area contributed by atoms with Crippen LogP contribution >= 0.6 is 11.6 Å². The van der Waals surface area contributed by atoms with E-state index < -0.39 is 6.43 Å². The molecule has 0 bridgehead atoms. The third-order valence-corrected chi connectivity index (χ3v) is 2.87. The molecule has 0 radical (unpaired) electrons. The normalized spacial score (nSPS) is 10.7. The summed E-state index contributed by atoms with van der Waals surface area (Å²) in [4.78, 5) is 7.91. The van der Waals surface area contributed by atoms with E-state index in [2.05, 4.69) is 15.3 Å². The second-order valence-corrected chi connectivity index (χ2v) is 4.36. The molecule has 0 aliphatic carbocycles. The van der Waals surface area contributed by atoms with Crippen molar-refractivity contribution < 1.29 is 13.5 Å². The van der Waals surface area contributed by atoms with Gasteiger partial charge in [-0.15, -0.1) is 0 Å². The van der Waals surface area contributed by atoms with E-state index >= 15 is 0 Å². The van der Waals surface area contributed by atoms with Crippen molar-refractivity contribution in [3.63, 3.8) is 0 Å². The lowest BCUT2D eigenvalue weighted by molar-refractivity contribution is 0.151. The van der Waals surface area contributed by atoms with Crippen molar-refractivity contribution in [3.8, 4) is 6.01 Å². The van der Waals surface area contributed by atoms with E-state index in [9.17, 15) is 8.78 Å². The molecule has 0 saturated carbocycles. The number of hydrogen-bond acceptors (Lipinski definition) is 4. The number of halogens is 3. The molecule has 2 aromatic rings. The number of nitrogens with one attached hydrogen (secondary N) is 1. The number of nitrogens with zero attached hydrogens (tertiary/aromatic N) is 2. The summed E-state index contributed by atoms with van der Waals surface area (Å²) < 4.78 is 29.7. The lowest BCUT2D eigenvalue weighted by Crippen LogP contribution is -2.04. The van der Waals surface area contributed by atoms with Gasteiger partial charge in [0.1, 0.15) is 5.02 Å². The first kappa shape index (κ1) is 14.5. The summed E-state index contributed by atoms with van der Waals surface area (Å²) >= 11 is 5.94. The molecular weight excluding hydrogens is 288 g/mol. The molecule has 0 aliphatic heterocycles. The lowest BCUT2D eigenvalue weighted by Gasteiger charge is -2.09. The monoisotopic (exact) mass is 299 g/mol. The highest BCUT2D eigenvalue weighted by atomic mass is 35.5. The second kappa shape index (κ2) is 6.47. The summed E-state index contributed by atoms with van der Waals surface area (Å²) in [5.41, 5.74) is 0.832. The minimum atomic E-state index is -2.46. The maximum Gasteiger partial charge on any atom is 0.318 e. The van der Waals surface area contributed by atoms with E-state index in [1.165, 1.54) is 25.4 Å². The zero-order chi connectivity index (χ0) is 14.5. The highest BCUT2D eigenvalue weighted by Gasteiger charge is 2.07. The zero-order valence-corrected chi connectivity index (χ0v) is 11.4. The number of rotatable bonds is 5. The van der Waals surface area contributed by atoms with Crippen LogP contribution in [-0.2, 0) is 6.54 Å². The van der Waals surface area contributed by atoms with Crippen LogP contribution in [0.1, 0.15) is 17.6 Å². The molecule has 0 spiro atoms. The Morgan fingerprint density at radius 3 is 2.60 bits per heavy atom. The first-order chi connectivity index (χ1) is 9.60. The van der Waals surface area contributed by atoms with E-state index in [1.54, 1.807) is 12.1 Å². The van der Waals surface area contributed by atoms with Crippen LogP contribution in [0, 0.1) is 0 Å². The van der Waals surface area contributed by atoms with E-state index in [-0.39, 0.29) is 11.6 Å². The number of alkyl halides is 2. The molecule has 1 aromatic carbocycles. The van der Waals surface area contributed by atoms with Crippen molar-refractivity contribution >= 4 is 17.4 Å². The zero-order valence-electron chi connectivity index (χ0n) is 10.6. The SMILES string of the molecule is COc1ncc(Cl)c(NCc2ccc(C(F)F)cc2)n1. The molecule has 0 aliphatic rings. The first-order valence-corrected chi connectivity index (χ1v) is 6.15. The summed E-state index contributed by atoms with van der Waals surface area (Å²) in [6.45, 7) is 0.406. The molecule has 0 unspecified atom stereocenters.